The van der Waals surface area contributed by atoms with Crippen molar-refractivity contribution in [1.82, 2.24) is 0 Å². The topological polar surface area (TPSA) is 45.4 Å². The summed E-state index contributed by atoms with van der Waals surface area (Å²) in [7, 11) is 4.54. The Morgan fingerprint density at radius 1 is 1.43 bits per heavy atom. The molecule has 1 heterocycles. The molecular weight excluding hydrogens is 216 g/mol. The second-order valence-electron chi connectivity index (χ2n) is 2.53. The lowest BCUT2D eigenvalue weighted by atomic mass is 10.3. The normalized spacial score (nSPS) is 13.9. The summed E-state index contributed by atoms with van der Waals surface area (Å²) in [5.74, 6) is 0.761. The van der Waals surface area contributed by atoms with Crippen LogP contribution in [0.1, 0.15) is 0 Å². The van der Waals surface area contributed by atoms with Crippen molar-refractivity contribution in [2.75, 3.05) is 7.11 Å². The molecule has 0 N–H and O–H groups in total. The average molecular weight is 222 g/mol. The van der Waals surface area contributed by atoms with E-state index in [1.54, 1.807) is 17.9 Å². The van der Waals surface area contributed by atoms with Gasteiger partial charge >= 0.3 is 0 Å². The van der Waals surface area contributed by atoms with Crippen molar-refractivity contribution in [2.24, 2.45) is 4.99 Å². The predicted molar refractivity (Wildman–Crippen MR) is 59.2 cm³/mol. The van der Waals surface area contributed by atoms with Gasteiger partial charge in [0, 0.05) is 11.0 Å². The van der Waals surface area contributed by atoms with E-state index in [2.05, 4.69) is 4.99 Å². The molecule has 2 rings (SSSR count). The third kappa shape index (κ3) is 1.72. The van der Waals surface area contributed by atoms with Gasteiger partial charge in [0.1, 0.15) is 11.8 Å². The minimum atomic E-state index is 0.482. The monoisotopic (exact) mass is 222 g/mol. The van der Waals surface area contributed by atoms with Gasteiger partial charge in [-0.1, -0.05) is 0 Å². The van der Waals surface area contributed by atoms with Crippen molar-refractivity contribution < 1.29 is 4.74 Å². The number of hydrogen-bond donors (Lipinski definition) is 0. The zero-order valence-corrected chi connectivity index (χ0v) is 8.98. The van der Waals surface area contributed by atoms with Crippen molar-refractivity contribution >= 4 is 32.3 Å². The molecule has 0 bridgehead atoms. The summed E-state index contributed by atoms with van der Waals surface area (Å²) >= 11 is 0. The van der Waals surface area contributed by atoms with E-state index < -0.39 is 0 Å². The largest absolute Gasteiger partial charge is 0.497 e. The molecule has 0 unspecified atom stereocenters. The lowest BCUT2D eigenvalue weighted by Crippen LogP contribution is -1.90. The van der Waals surface area contributed by atoms with Crippen LogP contribution >= 0.6 is 21.6 Å². The zero-order valence-electron chi connectivity index (χ0n) is 7.35. The van der Waals surface area contributed by atoms with Crippen molar-refractivity contribution in [3.05, 3.63) is 18.2 Å². The van der Waals surface area contributed by atoms with Crippen molar-refractivity contribution in [3.8, 4) is 11.8 Å². The predicted octanol–water partition coefficient (Wildman–Crippen LogP) is 3.00. The van der Waals surface area contributed by atoms with E-state index in [1.807, 2.05) is 24.3 Å². The fraction of sp³-hybridized carbons (Fsp3) is 0.111. The van der Waals surface area contributed by atoms with Crippen LogP contribution in [0.25, 0.3) is 0 Å². The van der Waals surface area contributed by atoms with E-state index in [1.165, 1.54) is 10.8 Å². The Morgan fingerprint density at radius 2 is 2.29 bits per heavy atom. The van der Waals surface area contributed by atoms with Crippen LogP contribution in [0, 0.1) is 11.3 Å². The van der Waals surface area contributed by atoms with E-state index >= 15 is 0 Å². The SMILES string of the molecule is COc1ccc2c(c1)N=C(C#N)SS2. The minimum Gasteiger partial charge on any atom is -0.497 e. The number of methoxy groups -OCH3 is 1. The van der Waals surface area contributed by atoms with Crippen LogP contribution in [0.4, 0.5) is 5.69 Å². The average Bonchev–Trinajstić information content (AvgIpc) is 2.27. The molecule has 14 heavy (non-hydrogen) atoms. The van der Waals surface area contributed by atoms with Gasteiger partial charge in [-0.05, 0) is 33.7 Å². The van der Waals surface area contributed by atoms with E-state index in [0.29, 0.717) is 5.04 Å². The third-order valence-corrected chi connectivity index (χ3v) is 3.90. The molecule has 0 fully saturated rings. The second kappa shape index (κ2) is 3.95. The maximum atomic E-state index is 8.70. The molecule has 0 aromatic heterocycles. The summed E-state index contributed by atoms with van der Waals surface area (Å²) in [5, 5.41) is 9.18. The summed E-state index contributed by atoms with van der Waals surface area (Å²) in [6.07, 6.45) is 0. The number of ether oxygens (including phenoxy) is 1. The van der Waals surface area contributed by atoms with E-state index in [-0.39, 0.29) is 0 Å². The molecule has 0 saturated carbocycles. The van der Waals surface area contributed by atoms with Crippen LogP contribution in [0.15, 0.2) is 28.1 Å². The molecular formula is C9H6N2OS2. The lowest BCUT2D eigenvalue weighted by Gasteiger charge is -2.10. The molecule has 1 aromatic carbocycles. The number of hydrogen-bond acceptors (Lipinski definition) is 5. The Morgan fingerprint density at radius 3 is 3.00 bits per heavy atom. The summed E-state index contributed by atoms with van der Waals surface area (Å²) in [6, 6.07) is 7.70. The number of nitrogens with zero attached hydrogens (tertiary/aromatic N) is 2. The maximum Gasteiger partial charge on any atom is 0.185 e. The summed E-state index contributed by atoms with van der Waals surface area (Å²) < 4.78 is 5.08. The van der Waals surface area contributed by atoms with E-state index in [0.717, 1.165) is 16.3 Å². The summed E-state index contributed by atoms with van der Waals surface area (Å²) in [6.45, 7) is 0. The molecule has 0 saturated heterocycles. The van der Waals surface area contributed by atoms with Gasteiger partial charge in [0.25, 0.3) is 0 Å². The third-order valence-electron chi connectivity index (χ3n) is 1.69. The van der Waals surface area contributed by atoms with Gasteiger partial charge in [-0.2, -0.15) is 5.26 Å². The first kappa shape index (κ1) is 9.44. The Balaban J connectivity index is 2.46. The van der Waals surface area contributed by atoms with Crippen LogP contribution in [-0.2, 0) is 0 Å². The van der Waals surface area contributed by atoms with Gasteiger partial charge in [0.2, 0.25) is 0 Å². The second-order valence-corrected chi connectivity index (χ2v) is 4.69. The summed E-state index contributed by atoms with van der Waals surface area (Å²) in [4.78, 5) is 5.25. The molecule has 1 aliphatic rings. The molecule has 3 nitrogen and oxygen atoms in total. The van der Waals surface area contributed by atoms with Gasteiger partial charge in [-0.3, -0.25) is 0 Å². The van der Waals surface area contributed by atoms with Crippen molar-refractivity contribution in [2.45, 2.75) is 4.90 Å². The van der Waals surface area contributed by atoms with E-state index in [9.17, 15) is 0 Å². The molecule has 70 valence electrons. The van der Waals surface area contributed by atoms with Crippen LogP contribution in [0.5, 0.6) is 5.75 Å². The van der Waals surface area contributed by atoms with E-state index in [4.69, 9.17) is 10.00 Å². The molecule has 1 aromatic rings. The highest BCUT2D eigenvalue weighted by Crippen LogP contribution is 2.44. The molecule has 1 aliphatic heterocycles. The first-order valence-electron chi connectivity index (χ1n) is 3.85. The van der Waals surface area contributed by atoms with Gasteiger partial charge in [0.15, 0.2) is 5.04 Å². The highest BCUT2D eigenvalue weighted by molar-refractivity contribution is 8.82. The molecule has 0 aliphatic carbocycles. The summed E-state index contributed by atoms with van der Waals surface area (Å²) in [5.41, 5.74) is 0.810. The van der Waals surface area contributed by atoms with Crippen molar-refractivity contribution in [3.63, 3.8) is 0 Å². The Kier molecular flexibility index (Phi) is 2.66. The smallest absolute Gasteiger partial charge is 0.185 e. The minimum absolute atomic E-state index is 0.482. The Hall–Kier alpha value is -1.12. The number of fused-ring (bicyclic) bond motifs is 1. The Labute approximate surface area is 89.6 Å². The first-order valence-corrected chi connectivity index (χ1v) is 6.00. The number of nitriles is 1. The molecule has 0 atom stereocenters. The zero-order chi connectivity index (χ0) is 9.97. The fourth-order valence-electron chi connectivity index (χ4n) is 1.04. The van der Waals surface area contributed by atoms with Gasteiger partial charge in [-0.25, -0.2) is 4.99 Å². The van der Waals surface area contributed by atoms with Crippen LogP contribution in [0.3, 0.4) is 0 Å². The number of benzene rings is 1. The van der Waals surface area contributed by atoms with Crippen LogP contribution < -0.4 is 4.74 Å². The van der Waals surface area contributed by atoms with Gasteiger partial charge in [0.05, 0.1) is 12.8 Å². The van der Waals surface area contributed by atoms with Crippen molar-refractivity contribution in [1.29, 1.82) is 5.26 Å². The molecule has 0 amide bonds. The number of rotatable bonds is 1. The highest BCUT2D eigenvalue weighted by atomic mass is 33.1. The number of aliphatic imine (C=N–C) groups is 1. The quantitative estimate of drug-likeness (QED) is 0.685. The molecule has 0 spiro atoms. The van der Waals surface area contributed by atoms with Crippen LogP contribution in [0.2, 0.25) is 0 Å². The maximum absolute atomic E-state index is 8.70. The lowest BCUT2D eigenvalue weighted by molar-refractivity contribution is 0.414. The van der Waals surface area contributed by atoms with Gasteiger partial charge in [-0.15, -0.1) is 0 Å². The molecule has 0 radical (unpaired) electrons. The Bertz CT molecular complexity index is 437. The highest BCUT2D eigenvalue weighted by Gasteiger charge is 2.13. The standard InChI is InChI=1S/C9H6N2OS2/c1-12-6-2-3-8-7(4-6)11-9(5-10)14-13-8/h2-4H,1H3. The fourth-order valence-corrected chi connectivity index (χ4v) is 2.85. The van der Waals surface area contributed by atoms with Crippen LogP contribution in [-0.4, -0.2) is 12.2 Å². The first-order chi connectivity index (χ1) is 6.83. The van der Waals surface area contributed by atoms with Gasteiger partial charge < -0.3 is 4.74 Å². The molecule has 5 heteroatoms.